The molecule has 5 nitrogen and oxygen atoms in total. The molecule has 0 fully saturated rings. The molecular formula is C11H13N3O2S. The summed E-state index contributed by atoms with van der Waals surface area (Å²) in [5.74, 6) is 1.42. The SMILES string of the molecule is CNc1nnc(COc2ccccc2OC)s1. The lowest BCUT2D eigenvalue weighted by molar-refractivity contribution is 0.283. The Labute approximate surface area is 103 Å². The van der Waals surface area contributed by atoms with E-state index >= 15 is 0 Å². The Hall–Kier alpha value is -1.82. The molecule has 1 aromatic carbocycles. The van der Waals surface area contributed by atoms with Gasteiger partial charge in [0, 0.05) is 7.05 Å². The molecule has 0 amide bonds. The van der Waals surface area contributed by atoms with Gasteiger partial charge in [-0.3, -0.25) is 0 Å². The van der Waals surface area contributed by atoms with Gasteiger partial charge in [0.15, 0.2) is 16.5 Å². The van der Waals surface area contributed by atoms with E-state index in [-0.39, 0.29) is 0 Å². The van der Waals surface area contributed by atoms with E-state index in [1.54, 1.807) is 7.11 Å². The maximum Gasteiger partial charge on any atom is 0.205 e. The fourth-order valence-corrected chi connectivity index (χ4v) is 1.90. The topological polar surface area (TPSA) is 56.3 Å². The van der Waals surface area contributed by atoms with Crippen LogP contribution in [0, 0.1) is 0 Å². The molecule has 0 atom stereocenters. The first-order valence-corrected chi connectivity index (χ1v) is 5.91. The number of hydrogen-bond acceptors (Lipinski definition) is 6. The van der Waals surface area contributed by atoms with Gasteiger partial charge < -0.3 is 14.8 Å². The Morgan fingerprint density at radius 1 is 1.24 bits per heavy atom. The zero-order chi connectivity index (χ0) is 12.1. The second-order valence-corrected chi connectivity index (χ2v) is 4.25. The summed E-state index contributed by atoms with van der Waals surface area (Å²) in [7, 11) is 3.43. The summed E-state index contributed by atoms with van der Waals surface area (Å²) in [4.78, 5) is 0. The highest BCUT2D eigenvalue weighted by Gasteiger charge is 2.06. The van der Waals surface area contributed by atoms with Crippen LogP contribution in [0.4, 0.5) is 5.13 Å². The Morgan fingerprint density at radius 2 is 2.00 bits per heavy atom. The summed E-state index contributed by atoms with van der Waals surface area (Å²) in [6.07, 6.45) is 0. The van der Waals surface area contributed by atoms with Gasteiger partial charge in [-0.05, 0) is 12.1 Å². The Kier molecular flexibility index (Phi) is 3.77. The predicted molar refractivity (Wildman–Crippen MR) is 66.8 cm³/mol. The number of hydrogen-bond donors (Lipinski definition) is 1. The largest absolute Gasteiger partial charge is 0.493 e. The molecule has 0 aliphatic heterocycles. The number of methoxy groups -OCH3 is 1. The Balaban J connectivity index is 2.01. The normalized spacial score (nSPS) is 10.0. The van der Waals surface area contributed by atoms with Crippen LogP contribution < -0.4 is 14.8 Å². The van der Waals surface area contributed by atoms with E-state index < -0.39 is 0 Å². The lowest BCUT2D eigenvalue weighted by Gasteiger charge is -2.08. The van der Waals surface area contributed by atoms with Crippen LogP contribution in [-0.2, 0) is 6.61 Å². The number of anilines is 1. The lowest BCUT2D eigenvalue weighted by atomic mass is 10.3. The first-order valence-electron chi connectivity index (χ1n) is 5.09. The minimum Gasteiger partial charge on any atom is -0.493 e. The molecule has 0 spiro atoms. The molecule has 0 aliphatic carbocycles. The van der Waals surface area contributed by atoms with Crippen molar-refractivity contribution in [1.29, 1.82) is 0 Å². The van der Waals surface area contributed by atoms with Crippen molar-refractivity contribution in [3.8, 4) is 11.5 Å². The van der Waals surface area contributed by atoms with Crippen LogP contribution in [0.1, 0.15) is 5.01 Å². The van der Waals surface area contributed by atoms with Gasteiger partial charge in [-0.2, -0.15) is 0 Å². The highest BCUT2D eigenvalue weighted by Crippen LogP contribution is 2.27. The van der Waals surface area contributed by atoms with Crippen molar-refractivity contribution in [2.75, 3.05) is 19.5 Å². The van der Waals surface area contributed by atoms with Gasteiger partial charge in [-0.1, -0.05) is 23.5 Å². The summed E-state index contributed by atoms with van der Waals surface area (Å²) in [5, 5.41) is 12.5. The molecule has 0 aliphatic rings. The lowest BCUT2D eigenvalue weighted by Crippen LogP contribution is -1.97. The maximum atomic E-state index is 5.63. The highest BCUT2D eigenvalue weighted by atomic mass is 32.1. The highest BCUT2D eigenvalue weighted by molar-refractivity contribution is 7.15. The number of benzene rings is 1. The summed E-state index contributed by atoms with van der Waals surface area (Å²) < 4.78 is 10.8. The van der Waals surface area contributed by atoms with Gasteiger partial charge in [0.2, 0.25) is 5.13 Å². The molecule has 90 valence electrons. The third-order valence-electron chi connectivity index (χ3n) is 2.10. The third-order valence-corrected chi connectivity index (χ3v) is 3.02. The smallest absolute Gasteiger partial charge is 0.205 e. The summed E-state index contributed by atoms with van der Waals surface area (Å²) in [5.41, 5.74) is 0. The number of rotatable bonds is 5. The molecule has 2 aromatic rings. The zero-order valence-electron chi connectivity index (χ0n) is 9.64. The van der Waals surface area contributed by atoms with Crippen LogP contribution in [0.2, 0.25) is 0 Å². The van der Waals surface area contributed by atoms with Gasteiger partial charge in [-0.25, -0.2) is 0 Å². The number of nitrogens with one attached hydrogen (secondary N) is 1. The molecule has 2 rings (SSSR count). The minimum atomic E-state index is 0.389. The van der Waals surface area contributed by atoms with Crippen LogP contribution in [-0.4, -0.2) is 24.4 Å². The molecule has 0 radical (unpaired) electrons. The van der Waals surface area contributed by atoms with Crippen LogP contribution in [0.25, 0.3) is 0 Å². The molecule has 1 aromatic heterocycles. The fraction of sp³-hybridized carbons (Fsp3) is 0.273. The summed E-state index contributed by atoms with van der Waals surface area (Å²) >= 11 is 1.47. The van der Waals surface area contributed by atoms with E-state index in [1.165, 1.54) is 11.3 Å². The predicted octanol–water partition coefficient (Wildman–Crippen LogP) is 2.17. The second kappa shape index (κ2) is 5.49. The van der Waals surface area contributed by atoms with Crippen molar-refractivity contribution in [2.45, 2.75) is 6.61 Å². The molecule has 1 heterocycles. The molecule has 0 unspecified atom stereocenters. The van der Waals surface area contributed by atoms with Crippen LogP contribution in [0.5, 0.6) is 11.5 Å². The van der Waals surface area contributed by atoms with Crippen LogP contribution >= 0.6 is 11.3 Å². The summed E-state index contributed by atoms with van der Waals surface area (Å²) in [6.45, 7) is 0.389. The van der Waals surface area contributed by atoms with Crippen LogP contribution in [0.15, 0.2) is 24.3 Å². The molecule has 17 heavy (non-hydrogen) atoms. The van der Waals surface area contributed by atoms with Crippen molar-refractivity contribution in [1.82, 2.24) is 10.2 Å². The van der Waals surface area contributed by atoms with Crippen molar-refractivity contribution >= 4 is 16.5 Å². The van der Waals surface area contributed by atoms with Gasteiger partial charge in [0.25, 0.3) is 0 Å². The van der Waals surface area contributed by atoms with Gasteiger partial charge in [0.1, 0.15) is 6.61 Å². The first-order chi connectivity index (χ1) is 8.33. The van der Waals surface area contributed by atoms with E-state index in [4.69, 9.17) is 9.47 Å². The van der Waals surface area contributed by atoms with E-state index in [0.29, 0.717) is 18.1 Å². The summed E-state index contributed by atoms with van der Waals surface area (Å²) in [6, 6.07) is 7.51. The molecular weight excluding hydrogens is 238 g/mol. The quantitative estimate of drug-likeness (QED) is 0.882. The Bertz CT molecular complexity index is 487. The van der Waals surface area contributed by atoms with E-state index in [0.717, 1.165) is 10.1 Å². The van der Waals surface area contributed by atoms with Crippen molar-refractivity contribution in [3.05, 3.63) is 29.3 Å². The standard InChI is InChI=1S/C11H13N3O2S/c1-12-11-14-13-10(17-11)7-16-9-6-4-3-5-8(9)15-2/h3-6H,7H2,1-2H3,(H,12,14). The monoisotopic (exact) mass is 251 g/mol. The van der Waals surface area contributed by atoms with Crippen molar-refractivity contribution < 1.29 is 9.47 Å². The van der Waals surface area contributed by atoms with Crippen molar-refractivity contribution in [2.24, 2.45) is 0 Å². The van der Waals surface area contributed by atoms with E-state index in [1.807, 2.05) is 31.3 Å². The minimum absolute atomic E-state index is 0.389. The molecule has 0 saturated heterocycles. The first kappa shape index (κ1) is 11.7. The fourth-order valence-electron chi connectivity index (χ4n) is 1.29. The number of nitrogens with zero attached hydrogens (tertiary/aromatic N) is 2. The maximum absolute atomic E-state index is 5.63. The number of para-hydroxylation sites is 2. The van der Waals surface area contributed by atoms with E-state index in [2.05, 4.69) is 15.5 Å². The third kappa shape index (κ3) is 2.85. The van der Waals surface area contributed by atoms with Gasteiger partial charge in [0.05, 0.1) is 7.11 Å². The molecule has 6 heteroatoms. The van der Waals surface area contributed by atoms with Crippen LogP contribution in [0.3, 0.4) is 0 Å². The van der Waals surface area contributed by atoms with Gasteiger partial charge >= 0.3 is 0 Å². The number of aromatic nitrogens is 2. The Morgan fingerprint density at radius 3 is 2.65 bits per heavy atom. The molecule has 0 bridgehead atoms. The number of ether oxygens (including phenoxy) is 2. The molecule has 0 saturated carbocycles. The second-order valence-electron chi connectivity index (χ2n) is 3.19. The van der Waals surface area contributed by atoms with E-state index in [9.17, 15) is 0 Å². The van der Waals surface area contributed by atoms with Crippen molar-refractivity contribution in [3.63, 3.8) is 0 Å². The molecule has 1 N–H and O–H groups in total. The van der Waals surface area contributed by atoms with Gasteiger partial charge in [-0.15, -0.1) is 10.2 Å². The zero-order valence-corrected chi connectivity index (χ0v) is 10.5. The average Bonchev–Trinajstić information content (AvgIpc) is 2.84. The average molecular weight is 251 g/mol.